The van der Waals surface area contributed by atoms with E-state index in [-0.39, 0.29) is 5.56 Å². The molecular formula is C21H18N4OS. The quantitative estimate of drug-likeness (QED) is 0.422. The zero-order chi connectivity index (χ0) is 18.8. The lowest BCUT2D eigenvalue weighted by molar-refractivity contribution is 0.946. The predicted octanol–water partition coefficient (Wildman–Crippen LogP) is 4.51. The molecule has 1 N–H and O–H groups in total. The summed E-state index contributed by atoms with van der Waals surface area (Å²) in [4.78, 5) is 17.8. The number of fused-ring (bicyclic) bond motifs is 1. The number of nitrogens with zero attached hydrogens (tertiary/aromatic N) is 3. The van der Waals surface area contributed by atoms with Gasteiger partial charge in [-0.2, -0.15) is 16.4 Å². The van der Waals surface area contributed by atoms with Gasteiger partial charge in [-0.1, -0.05) is 29.8 Å². The van der Waals surface area contributed by atoms with Crippen LogP contribution in [0.5, 0.6) is 0 Å². The van der Waals surface area contributed by atoms with Crippen molar-refractivity contribution >= 4 is 34.4 Å². The van der Waals surface area contributed by atoms with Crippen molar-refractivity contribution < 1.29 is 0 Å². The summed E-state index contributed by atoms with van der Waals surface area (Å²) < 4.78 is 1.59. The second kappa shape index (κ2) is 7.17. The molecule has 4 rings (SSSR count). The summed E-state index contributed by atoms with van der Waals surface area (Å²) in [6.45, 7) is 4.02. The molecule has 0 bridgehead atoms. The third-order valence-corrected chi connectivity index (χ3v) is 4.99. The van der Waals surface area contributed by atoms with Gasteiger partial charge in [-0.25, -0.2) is 15.0 Å². The van der Waals surface area contributed by atoms with Crippen LogP contribution in [0.15, 0.2) is 69.2 Å². The highest BCUT2D eigenvalue weighted by molar-refractivity contribution is 7.08. The van der Waals surface area contributed by atoms with E-state index in [0.717, 1.165) is 22.4 Å². The number of benzene rings is 2. The van der Waals surface area contributed by atoms with E-state index in [0.29, 0.717) is 16.9 Å². The van der Waals surface area contributed by atoms with Gasteiger partial charge in [0.2, 0.25) is 5.95 Å². The number of aryl methyl sites for hydroxylation is 2. The Bertz CT molecular complexity index is 1190. The minimum absolute atomic E-state index is 0.124. The van der Waals surface area contributed by atoms with Crippen molar-refractivity contribution in [1.82, 2.24) is 9.55 Å². The number of hydrogen-bond donors (Lipinski definition) is 1. The van der Waals surface area contributed by atoms with Crippen LogP contribution in [0.25, 0.3) is 16.6 Å². The van der Waals surface area contributed by atoms with Gasteiger partial charge in [0.1, 0.15) is 0 Å². The first-order chi connectivity index (χ1) is 13.1. The highest BCUT2D eigenvalue weighted by Gasteiger charge is 2.14. The Kier molecular flexibility index (Phi) is 4.56. The van der Waals surface area contributed by atoms with Crippen LogP contribution in [0.3, 0.4) is 0 Å². The first kappa shape index (κ1) is 17.2. The summed E-state index contributed by atoms with van der Waals surface area (Å²) >= 11 is 1.60. The van der Waals surface area contributed by atoms with E-state index >= 15 is 0 Å². The Morgan fingerprint density at radius 1 is 1.15 bits per heavy atom. The number of para-hydroxylation sites is 1. The molecule has 0 radical (unpaired) electrons. The molecule has 0 fully saturated rings. The Morgan fingerprint density at radius 2 is 2.00 bits per heavy atom. The van der Waals surface area contributed by atoms with Crippen LogP contribution < -0.4 is 11.0 Å². The SMILES string of the molecule is Cc1ccc(-n2c(N/N=C\c3ccsc3)nc3ccccc3c2=O)c(C)c1. The van der Waals surface area contributed by atoms with Gasteiger partial charge in [0.15, 0.2) is 0 Å². The standard InChI is InChI=1S/C21H18N4OS/c1-14-7-8-19(15(2)11-14)25-20(26)17-5-3-4-6-18(17)23-21(25)24-22-12-16-9-10-27-13-16/h3-13H,1-2H3,(H,23,24)/b22-12-. The molecule has 2 aromatic carbocycles. The Balaban J connectivity index is 1.89. The van der Waals surface area contributed by atoms with E-state index in [1.807, 2.05) is 61.0 Å². The van der Waals surface area contributed by atoms with Crippen molar-refractivity contribution in [1.29, 1.82) is 0 Å². The van der Waals surface area contributed by atoms with E-state index in [9.17, 15) is 4.79 Å². The number of aromatic nitrogens is 2. The first-order valence-electron chi connectivity index (χ1n) is 8.54. The number of anilines is 1. The molecule has 0 aliphatic rings. The lowest BCUT2D eigenvalue weighted by Crippen LogP contribution is -2.23. The average molecular weight is 374 g/mol. The van der Waals surface area contributed by atoms with Crippen LogP contribution in [0.2, 0.25) is 0 Å². The zero-order valence-corrected chi connectivity index (χ0v) is 15.8. The molecule has 0 saturated carbocycles. The second-order valence-corrected chi connectivity index (χ2v) is 7.09. The number of hydrazone groups is 1. The van der Waals surface area contributed by atoms with Crippen LogP contribution in [-0.4, -0.2) is 15.8 Å². The number of thiophene rings is 1. The molecule has 0 aliphatic heterocycles. The van der Waals surface area contributed by atoms with E-state index in [1.54, 1.807) is 28.2 Å². The monoisotopic (exact) mass is 374 g/mol. The number of rotatable bonds is 4. The Labute approximate surface area is 160 Å². The van der Waals surface area contributed by atoms with Crippen molar-refractivity contribution in [3.63, 3.8) is 0 Å². The van der Waals surface area contributed by atoms with Crippen molar-refractivity contribution in [3.05, 3.63) is 86.3 Å². The summed E-state index contributed by atoms with van der Waals surface area (Å²) in [5, 5.41) is 8.83. The number of hydrogen-bond acceptors (Lipinski definition) is 5. The van der Waals surface area contributed by atoms with E-state index in [1.165, 1.54) is 0 Å². The summed E-state index contributed by atoms with van der Waals surface area (Å²) in [5.74, 6) is 0.386. The van der Waals surface area contributed by atoms with Crippen molar-refractivity contribution in [3.8, 4) is 5.69 Å². The highest BCUT2D eigenvalue weighted by Crippen LogP contribution is 2.20. The second-order valence-electron chi connectivity index (χ2n) is 6.31. The molecular weight excluding hydrogens is 356 g/mol. The van der Waals surface area contributed by atoms with Gasteiger partial charge in [-0.3, -0.25) is 4.79 Å². The molecule has 5 nitrogen and oxygen atoms in total. The summed E-state index contributed by atoms with van der Waals surface area (Å²) in [6.07, 6.45) is 1.71. The minimum atomic E-state index is -0.124. The maximum atomic E-state index is 13.2. The van der Waals surface area contributed by atoms with Crippen LogP contribution in [0.4, 0.5) is 5.95 Å². The molecule has 0 amide bonds. The van der Waals surface area contributed by atoms with Crippen molar-refractivity contribution in [2.75, 3.05) is 5.43 Å². The largest absolute Gasteiger partial charge is 0.268 e. The maximum absolute atomic E-state index is 13.2. The molecule has 0 spiro atoms. The van der Waals surface area contributed by atoms with Gasteiger partial charge >= 0.3 is 0 Å². The van der Waals surface area contributed by atoms with Gasteiger partial charge in [-0.15, -0.1) is 0 Å². The topological polar surface area (TPSA) is 59.3 Å². The fourth-order valence-corrected chi connectivity index (χ4v) is 3.61. The van der Waals surface area contributed by atoms with E-state index < -0.39 is 0 Å². The lowest BCUT2D eigenvalue weighted by Gasteiger charge is -2.15. The highest BCUT2D eigenvalue weighted by atomic mass is 32.1. The predicted molar refractivity (Wildman–Crippen MR) is 112 cm³/mol. The average Bonchev–Trinajstić information content (AvgIpc) is 3.17. The maximum Gasteiger partial charge on any atom is 0.267 e. The van der Waals surface area contributed by atoms with Gasteiger partial charge in [0.05, 0.1) is 22.8 Å². The molecule has 0 saturated heterocycles. The Morgan fingerprint density at radius 3 is 2.78 bits per heavy atom. The molecule has 6 heteroatoms. The van der Waals surface area contributed by atoms with Crippen LogP contribution >= 0.6 is 11.3 Å². The van der Waals surface area contributed by atoms with Crippen molar-refractivity contribution in [2.24, 2.45) is 5.10 Å². The van der Waals surface area contributed by atoms with E-state index in [2.05, 4.69) is 21.6 Å². The van der Waals surface area contributed by atoms with Gasteiger partial charge in [0.25, 0.3) is 5.56 Å². The fourth-order valence-electron chi connectivity index (χ4n) is 3.00. The molecule has 2 aromatic heterocycles. The van der Waals surface area contributed by atoms with Crippen molar-refractivity contribution in [2.45, 2.75) is 13.8 Å². The zero-order valence-electron chi connectivity index (χ0n) is 15.0. The molecule has 2 heterocycles. The lowest BCUT2D eigenvalue weighted by atomic mass is 10.1. The minimum Gasteiger partial charge on any atom is -0.268 e. The van der Waals surface area contributed by atoms with Crippen LogP contribution in [0, 0.1) is 13.8 Å². The third-order valence-electron chi connectivity index (χ3n) is 4.29. The van der Waals surface area contributed by atoms with Gasteiger partial charge in [0, 0.05) is 5.56 Å². The first-order valence-corrected chi connectivity index (χ1v) is 9.48. The smallest absolute Gasteiger partial charge is 0.267 e. The summed E-state index contributed by atoms with van der Waals surface area (Å²) in [6, 6.07) is 15.3. The normalized spacial score (nSPS) is 11.3. The Hall–Kier alpha value is -3.25. The fraction of sp³-hybridized carbons (Fsp3) is 0.0952. The summed E-state index contributed by atoms with van der Waals surface area (Å²) in [7, 11) is 0. The van der Waals surface area contributed by atoms with Crippen LogP contribution in [0.1, 0.15) is 16.7 Å². The molecule has 4 aromatic rings. The summed E-state index contributed by atoms with van der Waals surface area (Å²) in [5.41, 5.74) is 7.39. The van der Waals surface area contributed by atoms with Gasteiger partial charge in [-0.05, 0) is 54.4 Å². The molecule has 0 unspecified atom stereocenters. The molecule has 134 valence electrons. The van der Waals surface area contributed by atoms with Gasteiger partial charge < -0.3 is 0 Å². The van der Waals surface area contributed by atoms with Crippen LogP contribution in [-0.2, 0) is 0 Å². The molecule has 0 atom stereocenters. The molecule has 0 aliphatic carbocycles. The molecule has 27 heavy (non-hydrogen) atoms. The van der Waals surface area contributed by atoms with E-state index in [4.69, 9.17) is 0 Å². The third kappa shape index (κ3) is 3.39. The number of nitrogens with one attached hydrogen (secondary N) is 1.